The van der Waals surface area contributed by atoms with Crippen LogP contribution in [0.1, 0.15) is 85.3 Å². The third kappa shape index (κ3) is 6.18. The fraction of sp³-hybridized carbons (Fsp3) is 0.667. The van der Waals surface area contributed by atoms with Gasteiger partial charge in [0, 0.05) is 6.42 Å². The Bertz CT molecular complexity index is 547. The van der Waals surface area contributed by atoms with Gasteiger partial charge >= 0.3 is 5.97 Å². The minimum Gasteiger partial charge on any atom is -0.490 e. The van der Waals surface area contributed by atoms with Crippen LogP contribution in [-0.4, -0.2) is 17.2 Å². The first-order valence-electron chi connectivity index (χ1n) is 8.98. The summed E-state index contributed by atoms with van der Waals surface area (Å²) in [5, 5.41) is 8.81. The van der Waals surface area contributed by atoms with Gasteiger partial charge in [0.1, 0.15) is 5.75 Å². The SMILES string of the molecule is CCC(CCCC(=O)O)Oc1ccc(C(C)(C)C)cc1C(C)(C)C. The summed E-state index contributed by atoms with van der Waals surface area (Å²) < 4.78 is 6.28. The maximum atomic E-state index is 10.7. The number of carboxylic acid groups (broad SMARTS) is 1. The quantitative estimate of drug-likeness (QED) is 0.696. The Balaban J connectivity index is 3.02. The van der Waals surface area contributed by atoms with Crippen molar-refractivity contribution in [2.75, 3.05) is 0 Å². The summed E-state index contributed by atoms with van der Waals surface area (Å²) in [7, 11) is 0. The van der Waals surface area contributed by atoms with E-state index in [2.05, 4.69) is 66.7 Å². The molecule has 0 saturated heterocycles. The number of hydrogen-bond donors (Lipinski definition) is 1. The Kier molecular flexibility index (Phi) is 6.88. The Hall–Kier alpha value is -1.51. The predicted molar refractivity (Wildman–Crippen MR) is 100 cm³/mol. The third-order valence-electron chi connectivity index (χ3n) is 4.32. The number of carbonyl (C=O) groups is 1. The highest BCUT2D eigenvalue weighted by atomic mass is 16.5. The third-order valence-corrected chi connectivity index (χ3v) is 4.32. The molecule has 136 valence electrons. The van der Waals surface area contributed by atoms with Gasteiger partial charge in [0.15, 0.2) is 0 Å². The Morgan fingerprint density at radius 3 is 2.21 bits per heavy atom. The first kappa shape index (κ1) is 20.5. The number of ether oxygens (including phenoxy) is 1. The number of benzene rings is 1. The van der Waals surface area contributed by atoms with Crippen molar-refractivity contribution in [2.24, 2.45) is 0 Å². The molecule has 0 heterocycles. The van der Waals surface area contributed by atoms with Crippen molar-refractivity contribution in [1.82, 2.24) is 0 Å². The van der Waals surface area contributed by atoms with Gasteiger partial charge in [-0.3, -0.25) is 4.79 Å². The highest BCUT2D eigenvalue weighted by Crippen LogP contribution is 2.36. The van der Waals surface area contributed by atoms with Gasteiger partial charge in [-0.25, -0.2) is 0 Å². The minimum absolute atomic E-state index is 0.00402. The molecule has 0 spiro atoms. The van der Waals surface area contributed by atoms with Crippen molar-refractivity contribution in [3.63, 3.8) is 0 Å². The minimum atomic E-state index is -0.741. The second kappa shape index (κ2) is 8.04. The maximum Gasteiger partial charge on any atom is 0.303 e. The van der Waals surface area contributed by atoms with Gasteiger partial charge in [-0.2, -0.15) is 0 Å². The maximum absolute atomic E-state index is 10.7. The Morgan fingerprint density at radius 1 is 1.12 bits per heavy atom. The van der Waals surface area contributed by atoms with Gasteiger partial charge in [-0.05, 0) is 47.3 Å². The summed E-state index contributed by atoms with van der Waals surface area (Å²) in [6.45, 7) is 15.3. The van der Waals surface area contributed by atoms with Crippen LogP contribution in [0, 0.1) is 0 Å². The summed E-state index contributed by atoms with van der Waals surface area (Å²) in [5.74, 6) is 0.187. The molecule has 0 radical (unpaired) electrons. The van der Waals surface area contributed by atoms with Gasteiger partial charge in [0.25, 0.3) is 0 Å². The van der Waals surface area contributed by atoms with Gasteiger partial charge in [0.2, 0.25) is 0 Å². The summed E-state index contributed by atoms with van der Waals surface area (Å²) in [5.41, 5.74) is 2.62. The molecule has 0 aliphatic rings. The van der Waals surface area contributed by atoms with Crippen molar-refractivity contribution in [1.29, 1.82) is 0 Å². The number of carboxylic acids is 1. The van der Waals surface area contributed by atoms with E-state index in [1.165, 1.54) is 11.1 Å². The molecule has 0 aromatic heterocycles. The molecule has 0 aliphatic carbocycles. The van der Waals surface area contributed by atoms with Crippen LogP contribution in [-0.2, 0) is 15.6 Å². The zero-order valence-electron chi connectivity index (χ0n) is 16.4. The van der Waals surface area contributed by atoms with E-state index in [0.717, 1.165) is 18.6 Å². The van der Waals surface area contributed by atoms with E-state index in [9.17, 15) is 4.79 Å². The molecule has 1 N–H and O–H groups in total. The average Bonchev–Trinajstić information content (AvgIpc) is 2.43. The monoisotopic (exact) mass is 334 g/mol. The number of aliphatic carboxylic acids is 1. The van der Waals surface area contributed by atoms with Crippen molar-refractivity contribution < 1.29 is 14.6 Å². The molecule has 0 fully saturated rings. The molecule has 1 aromatic rings. The molecular weight excluding hydrogens is 300 g/mol. The molecule has 24 heavy (non-hydrogen) atoms. The molecule has 3 nitrogen and oxygen atoms in total. The highest BCUT2D eigenvalue weighted by molar-refractivity contribution is 5.66. The molecule has 1 rings (SSSR count). The predicted octanol–water partition coefficient (Wildman–Crippen LogP) is 5.69. The molecule has 1 aromatic carbocycles. The van der Waals surface area contributed by atoms with Gasteiger partial charge in [-0.1, -0.05) is 60.6 Å². The first-order chi connectivity index (χ1) is 10.9. The molecule has 0 bridgehead atoms. The fourth-order valence-corrected chi connectivity index (χ4v) is 2.69. The summed E-state index contributed by atoms with van der Waals surface area (Å²) in [4.78, 5) is 10.7. The Labute approximate surface area is 147 Å². The van der Waals surface area contributed by atoms with Crippen LogP contribution >= 0.6 is 0 Å². The van der Waals surface area contributed by atoms with Crippen LogP contribution in [0.25, 0.3) is 0 Å². The van der Waals surface area contributed by atoms with Crippen LogP contribution in [0.15, 0.2) is 18.2 Å². The Morgan fingerprint density at radius 2 is 1.75 bits per heavy atom. The van der Waals surface area contributed by atoms with E-state index in [0.29, 0.717) is 6.42 Å². The molecule has 0 saturated carbocycles. The zero-order chi connectivity index (χ0) is 18.5. The second-order valence-electron chi connectivity index (χ2n) is 8.65. The van der Waals surface area contributed by atoms with Crippen molar-refractivity contribution in [3.8, 4) is 5.75 Å². The largest absolute Gasteiger partial charge is 0.490 e. The fourth-order valence-electron chi connectivity index (χ4n) is 2.69. The van der Waals surface area contributed by atoms with Crippen LogP contribution in [0.3, 0.4) is 0 Å². The normalized spacial score (nSPS) is 13.6. The lowest BCUT2D eigenvalue weighted by Crippen LogP contribution is -2.21. The standard InChI is InChI=1S/C21H34O3/c1-8-16(10-9-11-19(22)23)24-18-13-12-15(20(2,3)4)14-17(18)21(5,6)7/h12-14,16H,8-11H2,1-7H3,(H,22,23). The number of hydrogen-bond acceptors (Lipinski definition) is 2. The zero-order valence-corrected chi connectivity index (χ0v) is 16.4. The van der Waals surface area contributed by atoms with E-state index >= 15 is 0 Å². The van der Waals surface area contributed by atoms with Gasteiger partial charge in [-0.15, -0.1) is 0 Å². The van der Waals surface area contributed by atoms with Crippen molar-refractivity contribution >= 4 is 5.97 Å². The van der Waals surface area contributed by atoms with Gasteiger partial charge in [0.05, 0.1) is 6.10 Å². The second-order valence-corrected chi connectivity index (χ2v) is 8.65. The van der Waals surface area contributed by atoms with E-state index in [4.69, 9.17) is 9.84 Å². The molecule has 0 amide bonds. The lowest BCUT2D eigenvalue weighted by Gasteiger charge is -2.29. The topological polar surface area (TPSA) is 46.5 Å². The van der Waals surface area contributed by atoms with Crippen molar-refractivity contribution in [3.05, 3.63) is 29.3 Å². The highest BCUT2D eigenvalue weighted by Gasteiger charge is 2.24. The van der Waals surface area contributed by atoms with Gasteiger partial charge < -0.3 is 9.84 Å². The molecule has 1 unspecified atom stereocenters. The van der Waals surface area contributed by atoms with E-state index in [1.54, 1.807) is 0 Å². The van der Waals surface area contributed by atoms with E-state index in [1.807, 2.05) is 0 Å². The first-order valence-corrected chi connectivity index (χ1v) is 8.98. The summed E-state index contributed by atoms with van der Waals surface area (Å²) in [6.07, 6.45) is 2.57. The van der Waals surface area contributed by atoms with Crippen LogP contribution in [0.4, 0.5) is 0 Å². The number of rotatable bonds is 7. The lowest BCUT2D eigenvalue weighted by molar-refractivity contribution is -0.137. The van der Waals surface area contributed by atoms with E-state index in [-0.39, 0.29) is 23.4 Å². The van der Waals surface area contributed by atoms with Crippen LogP contribution < -0.4 is 4.74 Å². The molecular formula is C21H34O3. The molecule has 0 aliphatic heterocycles. The molecule has 3 heteroatoms. The summed E-state index contributed by atoms with van der Waals surface area (Å²) in [6, 6.07) is 6.49. The summed E-state index contributed by atoms with van der Waals surface area (Å²) >= 11 is 0. The van der Waals surface area contributed by atoms with E-state index < -0.39 is 5.97 Å². The molecule has 1 atom stereocenters. The van der Waals surface area contributed by atoms with Crippen LogP contribution in [0.5, 0.6) is 5.75 Å². The van der Waals surface area contributed by atoms with Crippen LogP contribution in [0.2, 0.25) is 0 Å². The smallest absolute Gasteiger partial charge is 0.303 e. The average molecular weight is 335 g/mol. The lowest BCUT2D eigenvalue weighted by atomic mass is 9.80. The van der Waals surface area contributed by atoms with Crippen molar-refractivity contribution in [2.45, 2.75) is 91.1 Å².